The molecule has 4 nitrogen and oxygen atoms in total. The Morgan fingerprint density at radius 2 is 2.00 bits per heavy atom. The number of hydrogen-bond donors (Lipinski definition) is 1. The molecule has 0 heterocycles. The molecule has 2 aliphatic rings. The summed E-state index contributed by atoms with van der Waals surface area (Å²) in [7, 11) is 2.03. The molecule has 2 fully saturated rings. The van der Waals surface area contributed by atoms with Crippen LogP contribution in [-0.2, 0) is 9.53 Å². The van der Waals surface area contributed by atoms with Gasteiger partial charge in [0.1, 0.15) is 0 Å². The van der Waals surface area contributed by atoms with Crippen molar-refractivity contribution in [3.05, 3.63) is 0 Å². The lowest BCUT2D eigenvalue weighted by molar-refractivity contribution is -0.145. The van der Waals surface area contributed by atoms with E-state index < -0.39 is 5.97 Å². The lowest BCUT2D eigenvalue weighted by Crippen LogP contribution is -2.44. The average molecular weight is 255 g/mol. The van der Waals surface area contributed by atoms with Gasteiger partial charge >= 0.3 is 5.97 Å². The van der Waals surface area contributed by atoms with Crippen molar-refractivity contribution in [2.45, 2.75) is 44.6 Å². The molecule has 1 N–H and O–H groups in total. The zero-order chi connectivity index (χ0) is 13.0. The molecule has 0 bridgehead atoms. The molecule has 0 saturated heterocycles. The minimum Gasteiger partial charge on any atom is -0.481 e. The molecule has 104 valence electrons. The van der Waals surface area contributed by atoms with Gasteiger partial charge in [0.2, 0.25) is 0 Å². The van der Waals surface area contributed by atoms with Crippen molar-refractivity contribution in [3.8, 4) is 0 Å². The zero-order valence-electron chi connectivity index (χ0n) is 11.3. The third-order valence-corrected chi connectivity index (χ3v) is 4.25. The first-order valence-corrected chi connectivity index (χ1v) is 7.19. The first kappa shape index (κ1) is 13.8. The Labute approximate surface area is 109 Å². The molecule has 0 radical (unpaired) electrons. The number of likely N-dealkylation sites (N-methyl/N-ethyl adjacent to an activating group) is 1. The van der Waals surface area contributed by atoms with Crippen molar-refractivity contribution in [2.75, 3.05) is 26.8 Å². The Balaban J connectivity index is 1.70. The highest BCUT2D eigenvalue weighted by atomic mass is 16.5. The fourth-order valence-electron chi connectivity index (χ4n) is 2.84. The first-order chi connectivity index (χ1) is 8.68. The van der Waals surface area contributed by atoms with E-state index >= 15 is 0 Å². The fourth-order valence-corrected chi connectivity index (χ4v) is 2.84. The van der Waals surface area contributed by atoms with Gasteiger partial charge in [0.05, 0.1) is 12.5 Å². The van der Waals surface area contributed by atoms with Crippen LogP contribution >= 0.6 is 0 Å². The van der Waals surface area contributed by atoms with Gasteiger partial charge in [-0.1, -0.05) is 12.8 Å². The second kappa shape index (κ2) is 6.53. The summed E-state index contributed by atoms with van der Waals surface area (Å²) >= 11 is 0. The molecule has 2 unspecified atom stereocenters. The first-order valence-electron chi connectivity index (χ1n) is 7.19. The van der Waals surface area contributed by atoms with E-state index in [-0.39, 0.29) is 12.0 Å². The van der Waals surface area contributed by atoms with Crippen molar-refractivity contribution in [1.82, 2.24) is 4.90 Å². The summed E-state index contributed by atoms with van der Waals surface area (Å²) in [5.41, 5.74) is 0. The van der Waals surface area contributed by atoms with Gasteiger partial charge in [-0.15, -0.1) is 0 Å². The number of carboxylic acid groups (broad SMARTS) is 1. The van der Waals surface area contributed by atoms with Gasteiger partial charge in [0, 0.05) is 19.2 Å². The monoisotopic (exact) mass is 255 g/mol. The number of ether oxygens (including phenoxy) is 1. The van der Waals surface area contributed by atoms with E-state index in [0.29, 0.717) is 0 Å². The van der Waals surface area contributed by atoms with E-state index in [9.17, 15) is 9.90 Å². The predicted molar refractivity (Wildman–Crippen MR) is 69.6 cm³/mol. The van der Waals surface area contributed by atoms with Gasteiger partial charge in [-0.3, -0.25) is 4.79 Å². The maximum Gasteiger partial charge on any atom is 0.308 e. The molecule has 2 atom stereocenters. The van der Waals surface area contributed by atoms with Crippen molar-refractivity contribution < 1.29 is 14.6 Å². The van der Waals surface area contributed by atoms with E-state index in [1.807, 2.05) is 7.05 Å². The second-order valence-electron chi connectivity index (χ2n) is 5.80. The highest BCUT2D eigenvalue weighted by molar-refractivity contribution is 5.71. The summed E-state index contributed by atoms with van der Waals surface area (Å²) < 4.78 is 5.63. The predicted octanol–water partition coefficient (Wildman–Crippen LogP) is 1.99. The van der Waals surface area contributed by atoms with E-state index in [2.05, 4.69) is 4.90 Å². The maximum atomic E-state index is 11.2. The summed E-state index contributed by atoms with van der Waals surface area (Å²) in [6, 6.07) is 0.195. The minimum absolute atomic E-state index is 0.188. The summed E-state index contributed by atoms with van der Waals surface area (Å²) in [5.74, 6) is -0.0191. The van der Waals surface area contributed by atoms with Crippen molar-refractivity contribution in [1.29, 1.82) is 0 Å². The summed E-state index contributed by atoms with van der Waals surface area (Å²) in [6.45, 7) is 2.47. The molecule has 2 saturated carbocycles. The van der Waals surface area contributed by atoms with Crippen LogP contribution in [0.1, 0.15) is 38.5 Å². The number of hydrogen-bond acceptors (Lipinski definition) is 3. The van der Waals surface area contributed by atoms with E-state index in [4.69, 9.17) is 4.74 Å². The number of nitrogens with zero attached hydrogens (tertiary/aromatic N) is 1. The Hall–Kier alpha value is -0.610. The summed E-state index contributed by atoms with van der Waals surface area (Å²) in [6.07, 6.45) is 6.68. The van der Waals surface area contributed by atoms with Gasteiger partial charge in [0.25, 0.3) is 0 Å². The van der Waals surface area contributed by atoms with E-state index in [0.717, 1.165) is 51.4 Å². The van der Waals surface area contributed by atoms with Gasteiger partial charge in [0.15, 0.2) is 0 Å². The molecule has 0 aromatic heterocycles. The Morgan fingerprint density at radius 3 is 2.67 bits per heavy atom. The highest BCUT2D eigenvalue weighted by Crippen LogP contribution is 2.29. The number of rotatable bonds is 7. The van der Waals surface area contributed by atoms with Crippen molar-refractivity contribution in [3.63, 3.8) is 0 Å². The molecule has 0 aromatic rings. The molecule has 18 heavy (non-hydrogen) atoms. The van der Waals surface area contributed by atoms with Crippen LogP contribution in [0.25, 0.3) is 0 Å². The summed E-state index contributed by atoms with van der Waals surface area (Å²) in [5, 5.41) is 9.25. The number of carboxylic acids is 1. The SMILES string of the molecule is CN(CCOCC1CC1)C1CCCCC1C(=O)O. The van der Waals surface area contributed by atoms with Gasteiger partial charge in [-0.2, -0.15) is 0 Å². The van der Waals surface area contributed by atoms with Crippen molar-refractivity contribution >= 4 is 5.97 Å². The number of aliphatic carboxylic acids is 1. The normalized spacial score (nSPS) is 28.6. The molecule has 4 heteroatoms. The molecule has 0 aliphatic heterocycles. The minimum atomic E-state index is -0.634. The van der Waals surface area contributed by atoms with Crippen LogP contribution in [-0.4, -0.2) is 48.8 Å². The topological polar surface area (TPSA) is 49.8 Å². The Morgan fingerprint density at radius 1 is 1.28 bits per heavy atom. The maximum absolute atomic E-state index is 11.2. The Bertz CT molecular complexity index is 278. The largest absolute Gasteiger partial charge is 0.481 e. The van der Waals surface area contributed by atoms with Crippen LogP contribution in [0.3, 0.4) is 0 Å². The third-order valence-electron chi connectivity index (χ3n) is 4.25. The lowest BCUT2D eigenvalue weighted by atomic mass is 9.84. The van der Waals surface area contributed by atoms with Crippen LogP contribution in [0.4, 0.5) is 0 Å². The van der Waals surface area contributed by atoms with E-state index in [1.165, 1.54) is 12.8 Å². The fraction of sp³-hybridized carbons (Fsp3) is 0.929. The molecule has 2 rings (SSSR count). The number of carbonyl (C=O) groups is 1. The smallest absolute Gasteiger partial charge is 0.308 e. The Kier molecular flexibility index (Phi) is 5.01. The molecule has 0 amide bonds. The third kappa shape index (κ3) is 3.95. The van der Waals surface area contributed by atoms with Crippen LogP contribution in [0.5, 0.6) is 0 Å². The molecular weight excluding hydrogens is 230 g/mol. The van der Waals surface area contributed by atoms with Crippen LogP contribution < -0.4 is 0 Å². The summed E-state index contributed by atoms with van der Waals surface area (Å²) in [4.78, 5) is 13.4. The quantitative estimate of drug-likeness (QED) is 0.707. The standard InChI is InChI=1S/C14H25NO3/c1-15(8-9-18-10-11-6-7-11)13-5-3-2-4-12(13)14(16)17/h11-13H,2-10H2,1H3,(H,16,17). The van der Waals surface area contributed by atoms with Crippen LogP contribution in [0.2, 0.25) is 0 Å². The van der Waals surface area contributed by atoms with Crippen molar-refractivity contribution in [2.24, 2.45) is 11.8 Å². The van der Waals surface area contributed by atoms with Crippen LogP contribution in [0, 0.1) is 11.8 Å². The van der Waals surface area contributed by atoms with Crippen LogP contribution in [0.15, 0.2) is 0 Å². The van der Waals surface area contributed by atoms with Gasteiger partial charge in [-0.05, 0) is 38.6 Å². The van der Waals surface area contributed by atoms with E-state index in [1.54, 1.807) is 0 Å². The zero-order valence-corrected chi connectivity index (χ0v) is 11.3. The lowest BCUT2D eigenvalue weighted by Gasteiger charge is -2.35. The van der Waals surface area contributed by atoms with Gasteiger partial charge < -0.3 is 14.7 Å². The average Bonchev–Trinajstić information content (AvgIpc) is 3.18. The second-order valence-corrected chi connectivity index (χ2v) is 5.80. The molecule has 0 aromatic carbocycles. The highest BCUT2D eigenvalue weighted by Gasteiger charge is 2.33. The molecule has 0 spiro atoms. The molecular formula is C14H25NO3. The molecule has 2 aliphatic carbocycles. The van der Waals surface area contributed by atoms with Gasteiger partial charge in [-0.25, -0.2) is 0 Å².